The fourth-order valence-electron chi connectivity index (χ4n) is 3.87. The summed E-state index contributed by atoms with van der Waals surface area (Å²) in [5, 5.41) is 0. The molecule has 0 aromatic heterocycles. The first-order valence-electron chi connectivity index (χ1n) is 11.5. The van der Waals surface area contributed by atoms with Crippen molar-refractivity contribution in [2.45, 2.75) is 60.5 Å². The molecular weight excluding hydrogens is 420 g/mol. The van der Waals surface area contributed by atoms with Gasteiger partial charge in [0.25, 0.3) is 0 Å². The van der Waals surface area contributed by atoms with Crippen molar-refractivity contribution in [3.63, 3.8) is 0 Å². The van der Waals surface area contributed by atoms with E-state index in [0.29, 0.717) is 12.8 Å². The minimum Gasteiger partial charge on any atom is -0.465 e. The van der Waals surface area contributed by atoms with Gasteiger partial charge in [-0.2, -0.15) is 0 Å². The Morgan fingerprint density at radius 1 is 0.818 bits per heavy atom. The van der Waals surface area contributed by atoms with E-state index in [2.05, 4.69) is 0 Å². The quantitative estimate of drug-likeness (QED) is 0.274. The zero-order valence-corrected chi connectivity index (χ0v) is 20.4. The lowest BCUT2D eigenvalue weighted by atomic mass is 9.61. The van der Waals surface area contributed by atoms with Crippen LogP contribution in [0, 0.1) is 16.2 Å². The molecule has 2 rings (SSSR count). The molecule has 1 aliphatic carbocycles. The van der Waals surface area contributed by atoms with E-state index < -0.39 is 22.2 Å². The molecule has 1 aromatic rings. The Balaban J connectivity index is 2.12. The topological polar surface area (TPSA) is 78.9 Å². The summed E-state index contributed by atoms with van der Waals surface area (Å²) in [6.45, 7) is 10.1. The molecule has 6 nitrogen and oxygen atoms in total. The predicted octanol–water partition coefficient (Wildman–Crippen LogP) is 5.17. The zero-order chi connectivity index (χ0) is 24.5. The second-order valence-corrected chi connectivity index (χ2v) is 9.27. The molecule has 0 bridgehead atoms. The Kier molecular flexibility index (Phi) is 9.03. The van der Waals surface area contributed by atoms with Gasteiger partial charge in [0.1, 0.15) is 17.4 Å². The molecule has 0 unspecified atom stereocenters. The number of esters is 3. The molecule has 6 heteroatoms. The Morgan fingerprint density at radius 2 is 1.39 bits per heavy atom. The van der Waals surface area contributed by atoms with Crippen LogP contribution in [0.5, 0.6) is 0 Å². The van der Waals surface area contributed by atoms with E-state index >= 15 is 0 Å². The molecule has 0 saturated heterocycles. The van der Waals surface area contributed by atoms with Crippen molar-refractivity contribution >= 4 is 17.9 Å². The molecular formula is C27H36O6. The second-order valence-electron chi connectivity index (χ2n) is 9.27. The van der Waals surface area contributed by atoms with Gasteiger partial charge >= 0.3 is 17.9 Å². The largest absolute Gasteiger partial charge is 0.465 e. The molecule has 0 saturated carbocycles. The van der Waals surface area contributed by atoms with E-state index in [4.69, 9.17) is 14.2 Å². The van der Waals surface area contributed by atoms with Crippen molar-refractivity contribution in [3.05, 3.63) is 60.2 Å². The first-order valence-corrected chi connectivity index (χ1v) is 11.5. The molecule has 1 aromatic carbocycles. The fourth-order valence-corrected chi connectivity index (χ4v) is 3.87. The van der Waals surface area contributed by atoms with Gasteiger partial charge in [0.2, 0.25) is 0 Å². The van der Waals surface area contributed by atoms with Gasteiger partial charge in [0, 0.05) is 6.42 Å². The molecule has 33 heavy (non-hydrogen) atoms. The summed E-state index contributed by atoms with van der Waals surface area (Å²) < 4.78 is 16.0. The minimum atomic E-state index is -1.04. The normalized spacial score (nSPS) is 22.0. The molecule has 180 valence electrons. The van der Waals surface area contributed by atoms with Gasteiger partial charge in [-0.1, -0.05) is 75.4 Å². The first kappa shape index (κ1) is 26.4. The average Bonchev–Trinajstić information content (AvgIpc) is 2.78. The van der Waals surface area contributed by atoms with Crippen LogP contribution >= 0.6 is 0 Å². The highest BCUT2D eigenvalue weighted by Gasteiger charge is 2.50. The number of benzene rings is 1. The van der Waals surface area contributed by atoms with Crippen LogP contribution in [0.15, 0.2) is 54.6 Å². The van der Waals surface area contributed by atoms with Crippen molar-refractivity contribution in [1.82, 2.24) is 0 Å². The van der Waals surface area contributed by atoms with Crippen LogP contribution in [0.1, 0.15) is 59.4 Å². The Hall–Kier alpha value is -2.89. The molecule has 0 atom stereocenters. The summed E-state index contributed by atoms with van der Waals surface area (Å²) in [4.78, 5) is 38.0. The Labute approximate surface area is 197 Å². The Morgan fingerprint density at radius 3 is 1.94 bits per heavy atom. The lowest BCUT2D eigenvalue weighted by Gasteiger charge is -2.42. The predicted molar refractivity (Wildman–Crippen MR) is 126 cm³/mol. The van der Waals surface area contributed by atoms with Crippen LogP contribution in [0.4, 0.5) is 0 Å². The average molecular weight is 457 g/mol. The maximum Gasteiger partial charge on any atom is 0.320 e. The zero-order valence-electron chi connectivity index (χ0n) is 20.4. The molecule has 1 aliphatic rings. The number of ether oxygens (including phenoxy) is 3. The standard InChI is InChI=1S/C27H36O6/c1-6-31-23(29)26(15-11-14-22(28)33-20-21-12-9-8-10-13-21)16-18-27(19-17-26,25(3,4)5)24(30)32-7-2/h8-10,12-13,16-19H,6-7,11,14-15,20H2,1-5H3. The highest BCUT2D eigenvalue weighted by atomic mass is 16.5. The van der Waals surface area contributed by atoms with E-state index in [1.165, 1.54) is 0 Å². The minimum absolute atomic E-state index is 0.179. The van der Waals surface area contributed by atoms with Crippen LogP contribution in [0.3, 0.4) is 0 Å². The summed E-state index contributed by atoms with van der Waals surface area (Å²) in [5.74, 6) is -1.08. The van der Waals surface area contributed by atoms with Crippen molar-refractivity contribution in [2.75, 3.05) is 13.2 Å². The summed E-state index contributed by atoms with van der Waals surface area (Å²) >= 11 is 0. The van der Waals surface area contributed by atoms with E-state index in [1.807, 2.05) is 51.1 Å². The van der Waals surface area contributed by atoms with E-state index in [0.717, 1.165) is 5.56 Å². The summed E-state index contributed by atoms with van der Waals surface area (Å²) in [6.07, 6.45) is 7.97. The summed E-state index contributed by atoms with van der Waals surface area (Å²) in [5.41, 5.74) is -1.58. The number of carbonyl (C=O) groups excluding carboxylic acids is 3. The number of rotatable bonds is 10. The lowest BCUT2D eigenvalue weighted by molar-refractivity contribution is -0.156. The van der Waals surface area contributed by atoms with Gasteiger partial charge in [0.05, 0.1) is 13.2 Å². The third-order valence-electron chi connectivity index (χ3n) is 6.01. The molecule has 0 N–H and O–H groups in total. The van der Waals surface area contributed by atoms with Crippen LogP contribution in [0.2, 0.25) is 0 Å². The SMILES string of the molecule is CCOC(=O)C1(CCCC(=O)OCc2ccccc2)C=CC(C(=O)OCC)(C(C)(C)C)C=C1. The van der Waals surface area contributed by atoms with Gasteiger partial charge in [-0.15, -0.1) is 0 Å². The van der Waals surface area contributed by atoms with Gasteiger partial charge in [-0.3, -0.25) is 14.4 Å². The molecule has 0 heterocycles. The Bertz CT molecular complexity index is 862. The monoisotopic (exact) mass is 456 g/mol. The second kappa shape index (κ2) is 11.3. The summed E-state index contributed by atoms with van der Waals surface area (Å²) in [6, 6.07) is 9.48. The van der Waals surface area contributed by atoms with Crippen LogP contribution < -0.4 is 0 Å². The molecule has 0 fully saturated rings. The number of carbonyl (C=O) groups is 3. The number of hydrogen-bond donors (Lipinski definition) is 0. The first-order chi connectivity index (χ1) is 15.6. The summed E-state index contributed by atoms with van der Waals surface area (Å²) in [7, 11) is 0. The van der Waals surface area contributed by atoms with Crippen LogP contribution in [0.25, 0.3) is 0 Å². The maximum absolute atomic E-state index is 12.9. The third kappa shape index (κ3) is 6.34. The molecule has 0 aliphatic heterocycles. The van der Waals surface area contributed by atoms with E-state index in [-0.39, 0.29) is 38.2 Å². The smallest absolute Gasteiger partial charge is 0.320 e. The van der Waals surface area contributed by atoms with Gasteiger partial charge in [-0.25, -0.2) is 0 Å². The van der Waals surface area contributed by atoms with E-state index in [9.17, 15) is 14.4 Å². The highest BCUT2D eigenvalue weighted by Crippen LogP contribution is 2.48. The maximum atomic E-state index is 12.9. The van der Waals surface area contributed by atoms with Crippen LogP contribution in [-0.4, -0.2) is 31.1 Å². The van der Waals surface area contributed by atoms with Gasteiger partial charge < -0.3 is 14.2 Å². The number of hydrogen-bond acceptors (Lipinski definition) is 6. The van der Waals surface area contributed by atoms with Gasteiger partial charge in [0.15, 0.2) is 0 Å². The lowest BCUT2D eigenvalue weighted by Crippen LogP contribution is -2.44. The van der Waals surface area contributed by atoms with Crippen molar-refractivity contribution in [2.24, 2.45) is 16.2 Å². The van der Waals surface area contributed by atoms with Crippen molar-refractivity contribution in [3.8, 4) is 0 Å². The van der Waals surface area contributed by atoms with Crippen LogP contribution in [-0.2, 0) is 35.2 Å². The van der Waals surface area contributed by atoms with Gasteiger partial charge in [-0.05, 0) is 37.7 Å². The van der Waals surface area contributed by atoms with E-state index in [1.54, 1.807) is 38.2 Å². The third-order valence-corrected chi connectivity index (χ3v) is 6.01. The van der Waals surface area contributed by atoms with Crippen molar-refractivity contribution < 1.29 is 28.6 Å². The molecule has 0 spiro atoms. The molecule has 0 radical (unpaired) electrons. The molecule has 0 amide bonds. The van der Waals surface area contributed by atoms with Crippen molar-refractivity contribution in [1.29, 1.82) is 0 Å². The fraction of sp³-hybridized carbons (Fsp3) is 0.519. The highest BCUT2D eigenvalue weighted by molar-refractivity contribution is 5.87.